The lowest BCUT2D eigenvalue weighted by molar-refractivity contribution is 0.0973. The number of nitrogens with zero attached hydrogens (tertiary/aromatic N) is 2. The summed E-state index contributed by atoms with van der Waals surface area (Å²) in [5.74, 6) is -0.0693. The van der Waals surface area contributed by atoms with E-state index >= 15 is 0 Å². The summed E-state index contributed by atoms with van der Waals surface area (Å²) in [6.45, 7) is 2.01. The minimum atomic E-state index is -0.322. The minimum absolute atomic E-state index is 0.0703. The van der Waals surface area contributed by atoms with Gasteiger partial charge in [-0.25, -0.2) is 4.39 Å². The second-order valence-corrected chi connectivity index (χ2v) is 5.94. The number of hydrogen-bond acceptors (Lipinski definition) is 3. The van der Waals surface area contributed by atoms with Gasteiger partial charge in [0.15, 0.2) is 11.5 Å². The molecule has 1 amide bonds. The fourth-order valence-electron chi connectivity index (χ4n) is 3.12. The van der Waals surface area contributed by atoms with Crippen LogP contribution in [0.4, 0.5) is 10.1 Å². The van der Waals surface area contributed by atoms with Crippen molar-refractivity contribution in [2.24, 2.45) is 0 Å². The number of halogens is 1. The summed E-state index contributed by atoms with van der Waals surface area (Å²) < 4.78 is 18.3. The summed E-state index contributed by atoms with van der Waals surface area (Å²) in [6.07, 6.45) is 0.824. The van der Waals surface area contributed by atoms with E-state index in [4.69, 9.17) is 4.52 Å². The standard InChI is InChI=1S/C19H15FN2O2/c1-12-10-14-4-2-3-5-17(14)22(12)19(23)16-11-18(24-21-16)13-6-8-15(20)9-7-13/h2-9,11-12H,10H2,1H3/t12-/m0/s1. The normalized spacial score (nSPS) is 16.2. The second kappa shape index (κ2) is 5.60. The van der Waals surface area contributed by atoms with Crippen molar-refractivity contribution in [1.29, 1.82) is 0 Å². The van der Waals surface area contributed by atoms with Crippen molar-refractivity contribution in [1.82, 2.24) is 5.16 Å². The summed E-state index contributed by atoms with van der Waals surface area (Å²) in [5.41, 5.74) is 3.00. The van der Waals surface area contributed by atoms with Gasteiger partial charge in [-0.3, -0.25) is 4.79 Å². The molecule has 0 bridgehead atoms. The molecule has 5 heteroatoms. The molecule has 2 aromatic carbocycles. The molecule has 1 aromatic heterocycles. The highest BCUT2D eigenvalue weighted by atomic mass is 19.1. The highest BCUT2D eigenvalue weighted by Gasteiger charge is 2.32. The third kappa shape index (κ3) is 2.38. The number of fused-ring (bicyclic) bond motifs is 1. The number of rotatable bonds is 2. The Morgan fingerprint density at radius 3 is 2.75 bits per heavy atom. The minimum Gasteiger partial charge on any atom is -0.355 e. The van der Waals surface area contributed by atoms with Gasteiger partial charge in [0, 0.05) is 23.4 Å². The molecule has 4 rings (SSSR count). The van der Waals surface area contributed by atoms with Gasteiger partial charge in [-0.15, -0.1) is 0 Å². The average Bonchev–Trinajstić information content (AvgIpc) is 3.19. The Morgan fingerprint density at radius 2 is 1.96 bits per heavy atom. The summed E-state index contributed by atoms with van der Waals surface area (Å²) in [5, 5.41) is 3.91. The number of para-hydroxylation sites is 1. The number of benzene rings is 2. The van der Waals surface area contributed by atoms with E-state index < -0.39 is 0 Å². The van der Waals surface area contributed by atoms with Crippen molar-refractivity contribution < 1.29 is 13.7 Å². The van der Waals surface area contributed by atoms with Crippen LogP contribution < -0.4 is 4.90 Å². The Balaban J connectivity index is 1.65. The van der Waals surface area contributed by atoms with Crippen LogP contribution in [-0.2, 0) is 6.42 Å². The third-order valence-electron chi connectivity index (χ3n) is 4.28. The maximum atomic E-state index is 13.0. The smallest absolute Gasteiger partial charge is 0.280 e. The van der Waals surface area contributed by atoms with Crippen LogP contribution in [0.1, 0.15) is 23.0 Å². The number of aromatic nitrogens is 1. The lowest BCUT2D eigenvalue weighted by Crippen LogP contribution is -2.35. The predicted molar refractivity (Wildman–Crippen MR) is 88.3 cm³/mol. The molecule has 24 heavy (non-hydrogen) atoms. The van der Waals surface area contributed by atoms with Crippen LogP contribution in [0.2, 0.25) is 0 Å². The second-order valence-electron chi connectivity index (χ2n) is 5.94. The molecule has 0 fully saturated rings. The lowest BCUT2D eigenvalue weighted by atomic mass is 10.1. The van der Waals surface area contributed by atoms with Crippen LogP contribution in [0.25, 0.3) is 11.3 Å². The molecule has 1 aliphatic heterocycles. The first-order valence-corrected chi connectivity index (χ1v) is 7.77. The molecule has 0 N–H and O–H groups in total. The topological polar surface area (TPSA) is 46.3 Å². The SMILES string of the molecule is C[C@H]1Cc2ccccc2N1C(=O)c1cc(-c2ccc(F)cc2)on1. The summed E-state index contributed by atoms with van der Waals surface area (Å²) in [4.78, 5) is 14.6. The van der Waals surface area contributed by atoms with Gasteiger partial charge in [0.25, 0.3) is 5.91 Å². The zero-order valence-corrected chi connectivity index (χ0v) is 13.1. The maximum absolute atomic E-state index is 13.0. The maximum Gasteiger partial charge on any atom is 0.280 e. The van der Waals surface area contributed by atoms with E-state index in [1.807, 2.05) is 31.2 Å². The molecule has 0 saturated carbocycles. The molecule has 0 spiro atoms. The molecule has 3 aromatic rings. The van der Waals surface area contributed by atoms with E-state index in [-0.39, 0.29) is 23.5 Å². The van der Waals surface area contributed by atoms with Crippen LogP contribution >= 0.6 is 0 Å². The van der Waals surface area contributed by atoms with Gasteiger partial charge in [-0.05, 0) is 49.2 Å². The molecule has 0 radical (unpaired) electrons. The van der Waals surface area contributed by atoms with Crippen molar-refractivity contribution in [3.05, 3.63) is 71.7 Å². The highest BCUT2D eigenvalue weighted by molar-refractivity contribution is 6.06. The Bertz CT molecular complexity index is 902. The van der Waals surface area contributed by atoms with Gasteiger partial charge in [0.1, 0.15) is 5.82 Å². The van der Waals surface area contributed by atoms with Gasteiger partial charge in [0.05, 0.1) is 0 Å². The van der Waals surface area contributed by atoms with Crippen LogP contribution in [0.5, 0.6) is 0 Å². The zero-order valence-electron chi connectivity index (χ0n) is 13.1. The van der Waals surface area contributed by atoms with Crippen molar-refractivity contribution in [2.45, 2.75) is 19.4 Å². The van der Waals surface area contributed by atoms with Crippen molar-refractivity contribution in [2.75, 3.05) is 4.90 Å². The van der Waals surface area contributed by atoms with Gasteiger partial charge in [0.2, 0.25) is 0 Å². The quantitative estimate of drug-likeness (QED) is 0.714. The van der Waals surface area contributed by atoms with Crippen LogP contribution in [-0.4, -0.2) is 17.1 Å². The summed E-state index contributed by atoms with van der Waals surface area (Å²) >= 11 is 0. The first-order chi connectivity index (χ1) is 11.6. The molecule has 120 valence electrons. The highest BCUT2D eigenvalue weighted by Crippen LogP contribution is 2.33. The molecule has 0 aliphatic carbocycles. The Kier molecular flexibility index (Phi) is 3.41. The van der Waals surface area contributed by atoms with E-state index in [1.54, 1.807) is 23.1 Å². The van der Waals surface area contributed by atoms with Gasteiger partial charge in [-0.1, -0.05) is 23.4 Å². The monoisotopic (exact) mass is 322 g/mol. The van der Waals surface area contributed by atoms with E-state index in [1.165, 1.54) is 12.1 Å². The van der Waals surface area contributed by atoms with E-state index in [0.717, 1.165) is 17.7 Å². The number of anilines is 1. The van der Waals surface area contributed by atoms with Gasteiger partial charge < -0.3 is 9.42 Å². The van der Waals surface area contributed by atoms with Crippen molar-refractivity contribution in [3.8, 4) is 11.3 Å². The van der Waals surface area contributed by atoms with E-state index in [9.17, 15) is 9.18 Å². The number of carbonyl (C=O) groups excluding carboxylic acids is 1. The Labute approximate surface area is 138 Å². The molecular weight excluding hydrogens is 307 g/mol. The largest absolute Gasteiger partial charge is 0.355 e. The van der Waals surface area contributed by atoms with Gasteiger partial charge in [-0.2, -0.15) is 0 Å². The Hall–Kier alpha value is -2.95. The first kappa shape index (κ1) is 14.6. The summed E-state index contributed by atoms with van der Waals surface area (Å²) in [7, 11) is 0. The molecule has 1 aliphatic rings. The van der Waals surface area contributed by atoms with Crippen molar-refractivity contribution >= 4 is 11.6 Å². The number of carbonyl (C=O) groups is 1. The molecule has 2 heterocycles. The number of amides is 1. The van der Waals surface area contributed by atoms with E-state index in [2.05, 4.69) is 5.16 Å². The predicted octanol–water partition coefficient (Wildman–Crippen LogP) is 4.07. The van der Waals surface area contributed by atoms with Crippen LogP contribution in [0.15, 0.2) is 59.1 Å². The molecule has 4 nitrogen and oxygen atoms in total. The van der Waals surface area contributed by atoms with Crippen LogP contribution in [0.3, 0.4) is 0 Å². The zero-order chi connectivity index (χ0) is 16.7. The average molecular weight is 322 g/mol. The molecule has 0 unspecified atom stereocenters. The molecular formula is C19H15FN2O2. The fraction of sp³-hybridized carbons (Fsp3) is 0.158. The third-order valence-corrected chi connectivity index (χ3v) is 4.28. The summed E-state index contributed by atoms with van der Waals surface area (Å²) in [6, 6.07) is 15.4. The first-order valence-electron chi connectivity index (χ1n) is 7.77. The lowest BCUT2D eigenvalue weighted by Gasteiger charge is -2.21. The Morgan fingerprint density at radius 1 is 1.21 bits per heavy atom. The van der Waals surface area contributed by atoms with Crippen LogP contribution in [0, 0.1) is 5.82 Å². The fourth-order valence-corrected chi connectivity index (χ4v) is 3.12. The van der Waals surface area contributed by atoms with Crippen molar-refractivity contribution in [3.63, 3.8) is 0 Å². The van der Waals surface area contributed by atoms with E-state index in [0.29, 0.717) is 11.3 Å². The molecule has 1 atom stereocenters. The van der Waals surface area contributed by atoms with Gasteiger partial charge >= 0.3 is 0 Å². The molecule has 0 saturated heterocycles. The number of hydrogen-bond donors (Lipinski definition) is 0.